The molecule has 0 aliphatic heterocycles. The Hall–Kier alpha value is -2.58. The number of benzene rings is 2. The van der Waals surface area contributed by atoms with Crippen LogP contribution >= 0.6 is 0 Å². The summed E-state index contributed by atoms with van der Waals surface area (Å²) < 4.78 is 28.5. The number of nitrogens with zero attached hydrogens (tertiary/aromatic N) is 1. The Morgan fingerprint density at radius 1 is 1.09 bits per heavy atom. The van der Waals surface area contributed by atoms with E-state index in [1.54, 1.807) is 12.1 Å². The molecule has 7 nitrogen and oxygen atoms in total. The van der Waals surface area contributed by atoms with Gasteiger partial charge in [0.1, 0.15) is 0 Å². The van der Waals surface area contributed by atoms with Crippen molar-refractivity contribution in [2.75, 3.05) is 16.7 Å². The van der Waals surface area contributed by atoms with Gasteiger partial charge in [0.2, 0.25) is 0 Å². The van der Waals surface area contributed by atoms with Crippen molar-refractivity contribution in [2.45, 2.75) is 62.9 Å². The van der Waals surface area contributed by atoms with Gasteiger partial charge >= 0.3 is 6.09 Å². The van der Waals surface area contributed by atoms with Gasteiger partial charge < -0.3 is 10.4 Å². The van der Waals surface area contributed by atoms with Crippen LogP contribution in [0.3, 0.4) is 0 Å². The molecule has 174 valence electrons. The third-order valence-corrected chi connectivity index (χ3v) is 7.52. The van der Waals surface area contributed by atoms with E-state index in [0.29, 0.717) is 24.0 Å². The minimum absolute atomic E-state index is 0.0773. The van der Waals surface area contributed by atoms with Crippen molar-refractivity contribution in [1.29, 1.82) is 0 Å². The smallest absolute Gasteiger partial charge is 0.411 e. The SMILES string of the molecule is CC(CC1CCCCC1)NCc1ccccc1NS(=O)(=O)c1ccc(N(C)C(=O)O)cc1. The molecule has 0 saturated heterocycles. The Morgan fingerprint density at radius 3 is 2.41 bits per heavy atom. The number of carboxylic acid groups (broad SMARTS) is 1. The first-order valence-electron chi connectivity index (χ1n) is 11.2. The van der Waals surface area contributed by atoms with Crippen LogP contribution in [-0.2, 0) is 16.6 Å². The third kappa shape index (κ3) is 6.46. The first-order chi connectivity index (χ1) is 15.3. The summed E-state index contributed by atoms with van der Waals surface area (Å²) in [5, 5.41) is 12.6. The van der Waals surface area contributed by atoms with Crippen molar-refractivity contribution < 1.29 is 18.3 Å². The molecule has 1 aliphatic carbocycles. The second-order valence-corrected chi connectivity index (χ2v) is 10.3. The number of para-hydroxylation sites is 1. The number of amides is 1. The van der Waals surface area contributed by atoms with Gasteiger partial charge in [0.05, 0.1) is 10.6 Å². The molecule has 2 aromatic rings. The average Bonchev–Trinajstić information content (AvgIpc) is 2.78. The maximum atomic E-state index is 12.9. The standard InChI is InChI=1S/C24H33N3O4S/c1-18(16-19-8-4-3-5-9-19)25-17-20-10-6-7-11-23(20)26-32(30,31)22-14-12-21(13-15-22)27(2)24(28)29/h6-7,10-15,18-19,25-26H,3-5,8-9,16-17H2,1-2H3,(H,28,29). The Labute approximate surface area is 190 Å². The van der Waals surface area contributed by atoms with Crippen LogP contribution in [0.15, 0.2) is 53.4 Å². The molecule has 32 heavy (non-hydrogen) atoms. The number of sulfonamides is 1. The lowest BCUT2D eigenvalue weighted by Gasteiger charge is -2.25. The van der Waals surface area contributed by atoms with Crippen molar-refractivity contribution in [3.63, 3.8) is 0 Å². The van der Waals surface area contributed by atoms with E-state index in [4.69, 9.17) is 5.11 Å². The van der Waals surface area contributed by atoms with Crippen LogP contribution < -0.4 is 14.9 Å². The molecule has 1 amide bonds. The summed E-state index contributed by atoms with van der Waals surface area (Å²) in [6.07, 6.45) is 6.66. The van der Waals surface area contributed by atoms with E-state index in [0.717, 1.165) is 22.8 Å². The highest BCUT2D eigenvalue weighted by Gasteiger charge is 2.19. The monoisotopic (exact) mass is 459 g/mol. The molecule has 8 heteroatoms. The van der Waals surface area contributed by atoms with Gasteiger partial charge in [0, 0.05) is 25.3 Å². The van der Waals surface area contributed by atoms with E-state index in [-0.39, 0.29) is 4.90 Å². The van der Waals surface area contributed by atoms with E-state index >= 15 is 0 Å². The first kappa shape index (κ1) is 24.1. The Balaban J connectivity index is 1.65. The molecule has 3 rings (SSSR count). The second-order valence-electron chi connectivity index (χ2n) is 8.62. The van der Waals surface area contributed by atoms with Crippen molar-refractivity contribution in [3.05, 3.63) is 54.1 Å². The molecule has 1 aliphatic rings. The molecular formula is C24H33N3O4S. The van der Waals surface area contributed by atoms with Crippen LogP contribution in [0.4, 0.5) is 16.2 Å². The summed E-state index contributed by atoms with van der Waals surface area (Å²) in [5.74, 6) is 0.781. The Morgan fingerprint density at radius 2 is 1.75 bits per heavy atom. The topological polar surface area (TPSA) is 98.7 Å². The molecule has 1 atom stereocenters. The van der Waals surface area contributed by atoms with E-state index in [1.165, 1.54) is 63.4 Å². The summed E-state index contributed by atoms with van der Waals surface area (Å²) in [7, 11) is -2.40. The normalized spacial score (nSPS) is 15.8. The molecule has 0 aromatic heterocycles. The lowest BCUT2D eigenvalue weighted by molar-refractivity contribution is 0.203. The lowest BCUT2D eigenvalue weighted by Crippen LogP contribution is -2.29. The molecular weight excluding hydrogens is 426 g/mol. The lowest BCUT2D eigenvalue weighted by atomic mass is 9.85. The third-order valence-electron chi connectivity index (χ3n) is 6.14. The van der Waals surface area contributed by atoms with Gasteiger partial charge in [-0.25, -0.2) is 13.2 Å². The second kappa shape index (κ2) is 10.8. The van der Waals surface area contributed by atoms with Crippen LogP contribution in [0.25, 0.3) is 0 Å². The molecule has 2 aromatic carbocycles. The van der Waals surface area contributed by atoms with E-state index < -0.39 is 16.1 Å². The summed E-state index contributed by atoms with van der Waals surface area (Å²) >= 11 is 0. The number of nitrogens with one attached hydrogen (secondary N) is 2. The molecule has 1 saturated carbocycles. The highest BCUT2D eigenvalue weighted by molar-refractivity contribution is 7.92. The molecule has 0 bridgehead atoms. The average molecular weight is 460 g/mol. The van der Waals surface area contributed by atoms with Gasteiger partial charge in [0.15, 0.2) is 0 Å². The fourth-order valence-electron chi connectivity index (χ4n) is 4.23. The van der Waals surface area contributed by atoms with Crippen LogP contribution in [0.5, 0.6) is 0 Å². The molecule has 3 N–H and O–H groups in total. The molecule has 0 spiro atoms. The van der Waals surface area contributed by atoms with E-state index in [9.17, 15) is 13.2 Å². The zero-order valence-corrected chi connectivity index (χ0v) is 19.6. The van der Waals surface area contributed by atoms with Crippen LogP contribution in [0.2, 0.25) is 0 Å². The number of carbonyl (C=O) groups is 1. The number of hydrogen-bond acceptors (Lipinski definition) is 4. The molecule has 0 radical (unpaired) electrons. The minimum Gasteiger partial charge on any atom is -0.465 e. The molecule has 1 fully saturated rings. The number of anilines is 2. The van der Waals surface area contributed by atoms with E-state index in [2.05, 4.69) is 17.0 Å². The first-order valence-corrected chi connectivity index (χ1v) is 12.7. The minimum atomic E-state index is -3.80. The van der Waals surface area contributed by atoms with Crippen molar-refractivity contribution in [1.82, 2.24) is 5.32 Å². The van der Waals surface area contributed by atoms with Crippen molar-refractivity contribution >= 4 is 27.5 Å². The van der Waals surface area contributed by atoms with Gasteiger partial charge in [-0.05, 0) is 55.2 Å². The quantitative estimate of drug-likeness (QED) is 0.487. The fraction of sp³-hybridized carbons (Fsp3) is 0.458. The maximum absolute atomic E-state index is 12.9. The van der Waals surface area contributed by atoms with Gasteiger partial charge in [-0.1, -0.05) is 50.3 Å². The van der Waals surface area contributed by atoms with Gasteiger partial charge in [0.25, 0.3) is 10.0 Å². The van der Waals surface area contributed by atoms with Crippen molar-refractivity contribution in [3.8, 4) is 0 Å². The zero-order valence-electron chi connectivity index (χ0n) is 18.8. The number of hydrogen-bond donors (Lipinski definition) is 3. The highest BCUT2D eigenvalue weighted by atomic mass is 32.2. The maximum Gasteiger partial charge on any atom is 0.411 e. The Kier molecular flexibility index (Phi) is 8.15. The largest absolute Gasteiger partial charge is 0.465 e. The summed E-state index contributed by atoms with van der Waals surface area (Å²) in [5.41, 5.74) is 1.82. The van der Waals surface area contributed by atoms with Crippen LogP contribution in [-0.4, -0.2) is 32.7 Å². The van der Waals surface area contributed by atoms with Crippen LogP contribution in [0.1, 0.15) is 51.0 Å². The van der Waals surface area contributed by atoms with Crippen molar-refractivity contribution in [2.24, 2.45) is 5.92 Å². The number of rotatable bonds is 9. The summed E-state index contributed by atoms with van der Waals surface area (Å²) in [6, 6.07) is 13.5. The van der Waals surface area contributed by atoms with E-state index in [1.807, 2.05) is 12.1 Å². The Bertz CT molecular complexity index is 1000. The molecule has 1 unspecified atom stereocenters. The van der Waals surface area contributed by atoms with Gasteiger partial charge in [-0.15, -0.1) is 0 Å². The van der Waals surface area contributed by atoms with Gasteiger partial charge in [-0.2, -0.15) is 0 Å². The summed E-state index contributed by atoms with van der Waals surface area (Å²) in [4.78, 5) is 12.2. The predicted molar refractivity (Wildman–Crippen MR) is 128 cm³/mol. The zero-order chi connectivity index (χ0) is 23.1. The predicted octanol–water partition coefficient (Wildman–Crippen LogP) is 5.05. The van der Waals surface area contributed by atoms with Crippen LogP contribution in [0, 0.1) is 5.92 Å². The summed E-state index contributed by atoms with van der Waals surface area (Å²) in [6.45, 7) is 2.77. The van der Waals surface area contributed by atoms with Gasteiger partial charge in [-0.3, -0.25) is 9.62 Å². The fourth-order valence-corrected chi connectivity index (χ4v) is 5.33. The highest BCUT2D eigenvalue weighted by Crippen LogP contribution is 2.28. The molecule has 0 heterocycles.